The first-order chi connectivity index (χ1) is 13.7. The van der Waals surface area contributed by atoms with Gasteiger partial charge in [0, 0.05) is 25.2 Å². The normalized spacial score (nSPS) is 10.8. The molecule has 1 N–H and O–H groups in total. The average Bonchev–Trinajstić information content (AvgIpc) is 3.36. The molecule has 0 spiro atoms. The summed E-state index contributed by atoms with van der Waals surface area (Å²) < 4.78 is 18.3. The number of fused-ring (bicyclic) bond motifs is 1. The molecule has 8 nitrogen and oxygen atoms in total. The lowest BCUT2D eigenvalue weighted by atomic mass is 10.3. The van der Waals surface area contributed by atoms with E-state index >= 15 is 0 Å². The third-order valence-electron chi connectivity index (χ3n) is 4.10. The monoisotopic (exact) mass is 378 g/mol. The number of benzene rings is 1. The number of para-hydroxylation sites is 2. The van der Waals surface area contributed by atoms with E-state index in [1.54, 1.807) is 31.4 Å². The van der Waals surface area contributed by atoms with Gasteiger partial charge in [-0.2, -0.15) is 0 Å². The van der Waals surface area contributed by atoms with Gasteiger partial charge in [-0.15, -0.1) is 10.2 Å². The Labute approximate surface area is 160 Å². The van der Waals surface area contributed by atoms with Crippen LogP contribution in [0.2, 0.25) is 0 Å². The Hall–Kier alpha value is -3.81. The van der Waals surface area contributed by atoms with Crippen molar-refractivity contribution in [3.05, 3.63) is 72.4 Å². The highest BCUT2D eigenvalue weighted by Gasteiger charge is 2.14. The number of aromatic nitrogens is 3. The number of ether oxygens (including phenoxy) is 2. The van der Waals surface area contributed by atoms with Gasteiger partial charge in [0.25, 0.3) is 11.9 Å². The smallest absolute Gasteiger partial charge is 0.290 e. The molecular formula is C20H18N4O4. The van der Waals surface area contributed by atoms with Crippen LogP contribution in [0.5, 0.6) is 17.4 Å². The molecule has 0 saturated heterocycles. The average molecular weight is 378 g/mol. The summed E-state index contributed by atoms with van der Waals surface area (Å²) in [6.07, 6.45) is 2.43. The van der Waals surface area contributed by atoms with Crippen LogP contribution in [-0.2, 0) is 6.42 Å². The molecule has 3 heterocycles. The molecule has 0 atom stereocenters. The van der Waals surface area contributed by atoms with Gasteiger partial charge < -0.3 is 19.2 Å². The fourth-order valence-corrected chi connectivity index (χ4v) is 2.74. The standard InChI is InChI=1S/C20H18N4O4/c1-26-14-6-2-3-7-15(14)27-19-10-9-16(28-19)20(25)21-12-11-18-23-22-17-8-4-5-13-24(17)18/h2-10,13H,11-12H2,1H3,(H,21,25). The molecule has 28 heavy (non-hydrogen) atoms. The molecule has 1 amide bonds. The van der Waals surface area contributed by atoms with Crippen LogP contribution >= 0.6 is 0 Å². The molecule has 0 radical (unpaired) electrons. The quantitative estimate of drug-likeness (QED) is 0.531. The van der Waals surface area contributed by atoms with Crippen molar-refractivity contribution < 1.29 is 18.7 Å². The van der Waals surface area contributed by atoms with Gasteiger partial charge in [-0.25, -0.2) is 0 Å². The number of nitrogens with one attached hydrogen (secondary N) is 1. The minimum atomic E-state index is -0.330. The second-order valence-corrected chi connectivity index (χ2v) is 5.92. The lowest BCUT2D eigenvalue weighted by Gasteiger charge is -2.07. The van der Waals surface area contributed by atoms with Gasteiger partial charge in [0.05, 0.1) is 7.11 Å². The Balaban J connectivity index is 1.35. The van der Waals surface area contributed by atoms with Crippen molar-refractivity contribution in [3.63, 3.8) is 0 Å². The summed E-state index contributed by atoms with van der Waals surface area (Å²) >= 11 is 0. The number of pyridine rings is 1. The van der Waals surface area contributed by atoms with Crippen molar-refractivity contribution in [2.45, 2.75) is 6.42 Å². The zero-order valence-electron chi connectivity index (χ0n) is 15.2. The Morgan fingerprint density at radius 2 is 1.89 bits per heavy atom. The van der Waals surface area contributed by atoms with Gasteiger partial charge in [0.15, 0.2) is 22.9 Å². The maximum Gasteiger partial charge on any atom is 0.290 e. The fraction of sp³-hybridized carbons (Fsp3) is 0.150. The first-order valence-corrected chi connectivity index (χ1v) is 8.72. The molecule has 0 aliphatic carbocycles. The van der Waals surface area contributed by atoms with Crippen molar-refractivity contribution in [2.24, 2.45) is 0 Å². The second kappa shape index (κ2) is 7.83. The van der Waals surface area contributed by atoms with E-state index in [2.05, 4.69) is 15.5 Å². The van der Waals surface area contributed by atoms with E-state index in [0.29, 0.717) is 24.5 Å². The first-order valence-electron chi connectivity index (χ1n) is 8.72. The molecule has 4 rings (SSSR count). The SMILES string of the molecule is COc1ccccc1Oc1ccc(C(=O)NCCc2nnc3ccccn23)o1. The predicted molar refractivity (Wildman–Crippen MR) is 101 cm³/mol. The van der Waals surface area contributed by atoms with Crippen LogP contribution in [0.3, 0.4) is 0 Å². The number of rotatable bonds is 7. The van der Waals surface area contributed by atoms with E-state index < -0.39 is 0 Å². The zero-order chi connectivity index (χ0) is 19.3. The van der Waals surface area contributed by atoms with Crippen LogP contribution in [0.15, 0.2) is 65.2 Å². The minimum Gasteiger partial charge on any atom is -0.493 e. The number of hydrogen-bond donors (Lipinski definition) is 1. The molecule has 0 aliphatic heterocycles. The number of furan rings is 1. The number of nitrogens with zero attached hydrogens (tertiary/aromatic N) is 3. The summed E-state index contributed by atoms with van der Waals surface area (Å²) in [5.74, 6) is 1.89. The molecule has 0 aliphatic rings. The largest absolute Gasteiger partial charge is 0.493 e. The van der Waals surface area contributed by atoms with Crippen LogP contribution in [-0.4, -0.2) is 34.2 Å². The van der Waals surface area contributed by atoms with Crippen LogP contribution in [0.1, 0.15) is 16.4 Å². The van der Waals surface area contributed by atoms with Crippen molar-refractivity contribution in [3.8, 4) is 17.4 Å². The fourth-order valence-electron chi connectivity index (χ4n) is 2.74. The first kappa shape index (κ1) is 17.6. The molecule has 1 aromatic carbocycles. The highest BCUT2D eigenvalue weighted by atomic mass is 16.6. The lowest BCUT2D eigenvalue weighted by molar-refractivity contribution is 0.0921. The van der Waals surface area contributed by atoms with Crippen LogP contribution < -0.4 is 14.8 Å². The third kappa shape index (κ3) is 3.66. The molecule has 0 unspecified atom stereocenters. The van der Waals surface area contributed by atoms with Crippen molar-refractivity contribution in [1.29, 1.82) is 0 Å². The Morgan fingerprint density at radius 3 is 2.75 bits per heavy atom. The van der Waals surface area contributed by atoms with Crippen LogP contribution in [0.4, 0.5) is 0 Å². The van der Waals surface area contributed by atoms with E-state index in [4.69, 9.17) is 13.9 Å². The Morgan fingerprint density at radius 1 is 1.07 bits per heavy atom. The Kier molecular flexibility index (Phi) is 4.92. The van der Waals surface area contributed by atoms with Crippen molar-refractivity contribution >= 4 is 11.6 Å². The maximum atomic E-state index is 12.3. The summed E-state index contributed by atoms with van der Waals surface area (Å²) in [5.41, 5.74) is 0.771. The van der Waals surface area contributed by atoms with E-state index in [0.717, 1.165) is 11.5 Å². The summed E-state index contributed by atoms with van der Waals surface area (Å²) in [4.78, 5) is 12.3. The maximum absolute atomic E-state index is 12.3. The third-order valence-corrected chi connectivity index (χ3v) is 4.10. The van der Waals surface area contributed by atoms with Crippen molar-refractivity contribution in [1.82, 2.24) is 19.9 Å². The van der Waals surface area contributed by atoms with Crippen molar-refractivity contribution in [2.75, 3.05) is 13.7 Å². The van der Waals surface area contributed by atoms with E-state index in [9.17, 15) is 4.79 Å². The summed E-state index contributed by atoms with van der Waals surface area (Å²) in [6.45, 7) is 0.401. The second-order valence-electron chi connectivity index (χ2n) is 5.92. The van der Waals surface area contributed by atoms with Gasteiger partial charge in [0.1, 0.15) is 5.82 Å². The zero-order valence-corrected chi connectivity index (χ0v) is 15.2. The van der Waals surface area contributed by atoms with Crippen LogP contribution in [0, 0.1) is 0 Å². The van der Waals surface area contributed by atoms with Gasteiger partial charge in [0.2, 0.25) is 0 Å². The number of methoxy groups -OCH3 is 1. The minimum absolute atomic E-state index is 0.163. The number of hydrogen-bond acceptors (Lipinski definition) is 6. The number of carbonyl (C=O) groups excluding carboxylic acids is 1. The number of amides is 1. The number of carbonyl (C=O) groups is 1. The summed E-state index contributed by atoms with van der Waals surface area (Å²) in [7, 11) is 1.56. The molecule has 0 saturated carbocycles. The van der Waals surface area contributed by atoms with E-state index in [1.165, 1.54) is 0 Å². The van der Waals surface area contributed by atoms with Crippen LogP contribution in [0.25, 0.3) is 5.65 Å². The predicted octanol–water partition coefficient (Wildman–Crippen LogP) is 3.10. The van der Waals surface area contributed by atoms with Gasteiger partial charge in [-0.1, -0.05) is 18.2 Å². The lowest BCUT2D eigenvalue weighted by Crippen LogP contribution is -2.25. The molecule has 142 valence electrons. The van der Waals surface area contributed by atoms with Gasteiger partial charge in [-0.05, 0) is 30.3 Å². The summed E-state index contributed by atoms with van der Waals surface area (Å²) in [6, 6.07) is 16.0. The molecule has 0 fully saturated rings. The molecular weight excluding hydrogens is 360 g/mol. The molecule has 0 bridgehead atoms. The Bertz CT molecular complexity index is 1100. The topological polar surface area (TPSA) is 90.9 Å². The van der Waals surface area contributed by atoms with Gasteiger partial charge in [-0.3, -0.25) is 9.20 Å². The molecule has 8 heteroatoms. The van der Waals surface area contributed by atoms with E-state index in [-0.39, 0.29) is 17.6 Å². The highest BCUT2D eigenvalue weighted by Crippen LogP contribution is 2.31. The molecule has 3 aromatic heterocycles. The van der Waals surface area contributed by atoms with Gasteiger partial charge >= 0.3 is 0 Å². The highest BCUT2D eigenvalue weighted by molar-refractivity contribution is 5.91. The van der Waals surface area contributed by atoms with E-state index in [1.807, 2.05) is 40.9 Å². The molecule has 4 aromatic rings. The summed E-state index contributed by atoms with van der Waals surface area (Å²) in [5, 5.41) is 11.0.